The molecule has 0 radical (unpaired) electrons. The van der Waals surface area contributed by atoms with E-state index in [0.29, 0.717) is 12.5 Å². The third kappa shape index (κ3) is 4.50. The van der Waals surface area contributed by atoms with Gasteiger partial charge in [-0.05, 0) is 49.4 Å². The molecule has 0 amide bonds. The minimum Gasteiger partial charge on any atom is -0.497 e. The van der Waals surface area contributed by atoms with E-state index < -0.39 is 5.60 Å². The van der Waals surface area contributed by atoms with Gasteiger partial charge in [-0.2, -0.15) is 0 Å². The van der Waals surface area contributed by atoms with Crippen LogP contribution in [0.25, 0.3) is 0 Å². The van der Waals surface area contributed by atoms with E-state index in [4.69, 9.17) is 4.74 Å². The van der Waals surface area contributed by atoms with E-state index in [1.165, 1.54) is 12.0 Å². The van der Waals surface area contributed by atoms with Crippen molar-refractivity contribution in [2.75, 3.05) is 20.2 Å². The Morgan fingerprint density at radius 2 is 2.10 bits per heavy atom. The van der Waals surface area contributed by atoms with Gasteiger partial charge in [-0.25, -0.2) is 0 Å². The average Bonchev–Trinajstić information content (AvgIpc) is 2.44. The maximum absolute atomic E-state index is 10.5. The molecule has 0 spiro atoms. The monoisotopic (exact) mass is 277 g/mol. The van der Waals surface area contributed by atoms with E-state index in [1.54, 1.807) is 7.11 Å². The molecule has 1 aromatic carbocycles. The van der Waals surface area contributed by atoms with Crippen LogP contribution in [-0.4, -0.2) is 30.9 Å². The third-order valence-electron chi connectivity index (χ3n) is 4.27. The van der Waals surface area contributed by atoms with Crippen molar-refractivity contribution in [3.8, 4) is 5.75 Å². The molecule has 3 heteroatoms. The van der Waals surface area contributed by atoms with Crippen LogP contribution in [0.2, 0.25) is 0 Å². The molecule has 1 aliphatic rings. The molecule has 1 aromatic rings. The molecule has 1 saturated carbocycles. The fourth-order valence-corrected chi connectivity index (χ4v) is 3.14. The van der Waals surface area contributed by atoms with E-state index >= 15 is 0 Å². The van der Waals surface area contributed by atoms with Crippen LogP contribution < -0.4 is 10.1 Å². The molecule has 2 N–H and O–H groups in total. The van der Waals surface area contributed by atoms with Crippen LogP contribution in [0.1, 0.15) is 38.2 Å². The van der Waals surface area contributed by atoms with Crippen LogP contribution in [0.3, 0.4) is 0 Å². The Kier molecular flexibility index (Phi) is 5.44. The molecule has 2 atom stereocenters. The van der Waals surface area contributed by atoms with Gasteiger partial charge in [-0.15, -0.1) is 0 Å². The minimum absolute atomic E-state index is 0.489. The van der Waals surface area contributed by atoms with Gasteiger partial charge in [-0.1, -0.05) is 31.9 Å². The largest absolute Gasteiger partial charge is 0.497 e. The number of benzene rings is 1. The second-order valence-electron chi connectivity index (χ2n) is 6.20. The summed E-state index contributed by atoms with van der Waals surface area (Å²) >= 11 is 0. The maximum atomic E-state index is 10.5. The number of rotatable bonds is 6. The van der Waals surface area contributed by atoms with Crippen molar-refractivity contribution in [3.63, 3.8) is 0 Å². The molecule has 0 aromatic heterocycles. The normalized spacial score (nSPS) is 26.4. The molecule has 0 bridgehead atoms. The van der Waals surface area contributed by atoms with E-state index in [1.807, 2.05) is 12.1 Å². The van der Waals surface area contributed by atoms with Crippen LogP contribution in [0.15, 0.2) is 24.3 Å². The predicted octanol–water partition coefficient (Wildman–Crippen LogP) is 2.77. The number of aliphatic hydroxyl groups is 1. The fraction of sp³-hybridized carbons (Fsp3) is 0.647. The average molecular weight is 277 g/mol. The molecular weight excluding hydrogens is 250 g/mol. The third-order valence-corrected chi connectivity index (χ3v) is 4.27. The van der Waals surface area contributed by atoms with E-state index in [0.717, 1.165) is 38.0 Å². The zero-order valence-corrected chi connectivity index (χ0v) is 12.7. The van der Waals surface area contributed by atoms with Gasteiger partial charge in [0, 0.05) is 6.54 Å². The second-order valence-corrected chi connectivity index (χ2v) is 6.20. The summed E-state index contributed by atoms with van der Waals surface area (Å²) in [5.41, 5.74) is 0.805. The highest BCUT2D eigenvalue weighted by molar-refractivity contribution is 5.27. The zero-order chi connectivity index (χ0) is 14.4. The summed E-state index contributed by atoms with van der Waals surface area (Å²) in [6.45, 7) is 3.86. The summed E-state index contributed by atoms with van der Waals surface area (Å²) in [6, 6.07) is 8.17. The highest BCUT2D eigenvalue weighted by atomic mass is 16.5. The van der Waals surface area contributed by atoms with E-state index in [9.17, 15) is 5.11 Å². The molecule has 2 unspecified atom stereocenters. The Bertz CT molecular complexity index is 404. The molecule has 112 valence electrons. The molecular formula is C17H27NO2. The lowest BCUT2D eigenvalue weighted by Crippen LogP contribution is -2.44. The topological polar surface area (TPSA) is 41.5 Å². The summed E-state index contributed by atoms with van der Waals surface area (Å²) in [5.74, 6) is 1.55. The van der Waals surface area contributed by atoms with Gasteiger partial charge in [0.15, 0.2) is 0 Å². The van der Waals surface area contributed by atoms with Crippen molar-refractivity contribution < 1.29 is 9.84 Å². The Balaban J connectivity index is 1.70. The Morgan fingerprint density at radius 3 is 2.75 bits per heavy atom. The summed E-state index contributed by atoms with van der Waals surface area (Å²) < 4.78 is 5.15. The van der Waals surface area contributed by atoms with Crippen molar-refractivity contribution in [1.82, 2.24) is 5.32 Å². The van der Waals surface area contributed by atoms with Gasteiger partial charge in [0.25, 0.3) is 0 Å². The van der Waals surface area contributed by atoms with Crippen LogP contribution in [0.4, 0.5) is 0 Å². The van der Waals surface area contributed by atoms with Crippen LogP contribution >= 0.6 is 0 Å². The number of hydrogen-bond acceptors (Lipinski definition) is 3. The van der Waals surface area contributed by atoms with Gasteiger partial charge >= 0.3 is 0 Å². The Morgan fingerprint density at radius 1 is 1.35 bits per heavy atom. The summed E-state index contributed by atoms with van der Waals surface area (Å²) in [6.07, 6.45) is 5.26. The minimum atomic E-state index is -0.489. The summed E-state index contributed by atoms with van der Waals surface area (Å²) in [7, 11) is 1.68. The molecule has 0 heterocycles. The lowest BCUT2D eigenvalue weighted by molar-refractivity contribution is -0.0114. The lowest BCUT2D eigenvalue weighted by atomic mass is 9.79. The fourth-order valence-electron chi connectivity index (χ4n) is 3.14. The molecule has 0 aliphatic heterocycles. The first-order valence-electron chi connectivity index (χ1n) is 7.67. The van der Waals surface area contributed by atoms with Crippen molar-refractivity contribution in [3.05, 3.63) is 29.8 Å². The molecule has 1 aliphatic carbocycles. The highest BCUT2D eigenvalue weighted by Gasteiger charge is 2.31. The predicted molar refractivity (Wildman–Crippen MR) is 82.1 cm³/mol. The summed E-state index contributed by atoms with van der Waals surface area (Å²) in [5, 5.41) is 13.9. The molecule has 20 heavy (non-hydrogen) atoms. The lowest BCUT2D eigenvalue weighted by Gasteiger charge is -2.35. The van der Waals surface area contributed by atoms with Gasteiger partial charge in [0.1, 0.15) is 5.75 Å². The van der Waals surface area contributed by atoms with Crippen molar-refractivity contribution in [2.24, 2.45) is 5.92 Å². The van der Waals surface area contributed by atoms with Crippen LogP contribution in [0, 0.1) is 5.92 Å². The van der Waals surface area contributed by atoms with Gasteiger partial charge in [0.2, 0.25) is 0 Å². The van der Waals surface area contributed by atoms with Gasteiger partial charge in [-0.3, -0.25) is 0 Å². The van der Waals surface area contributed by atoms with Crippen LogP contribution in [-0.2, 0) is 6.42 Å². The first-order valence-corrected chi connectivity index (χ1v) is 7.67. The van der Waals surface area contributed by atoms with E-state index in [2.05, 4.69) is 24.4 Å². The molecule has 3 nitrogen and oxygen atoms in total. The van der Waals surface area contributed by atoms with Crippen LogP contribution in [0.5, 0.6) is 5.75 Å². The highest BCUT2D eigenvalue weighted by Crippen LogP contribution is 2.31. The maximum Gasteiger partial charge on any atom is 0.118 e. The van der Waals surface area contributed by atoms with E-state index in [-0.39, 0.29) is 0 Å². The number of nitrogens with one attached hydrogen (secondary N) is 1. The number of ether oxygens (including phenoxy) is 1. The standard InChI is InChI=1S/C17H27NO2/c1-14-4-3-10-17(19,12-14)13-18-11-9-15-5-7-16(20-2)8-6-15/h5-8,14,18-19H,3-4,9-13H2,1-2H3. The number of methoxy groups -OCH3 is 1. The summed E-state index contributed by atoms with van der Waals surface area (Å²) in [4.78, 5) is 0. The Labute approximate surface area is 122 Å². The quantitative estimate of drug-likeness (QED) is 0.786. The first kappa shape index (κ1) is 15.3. The van der Waals surface area contributed by atoms with Gasteiger partial charge in [0.05, 0.1) is 12.7 Å². The molecule has 0 saturated heterocycles. The van der Waals surface area contributed by atoms with Crippen molar-refractivity contribution in [1.29, 1.82) is 0 Å². The number of hydrogen-bond donors (Lipinski definition) is 2. The van der Waals surface area contributed by atoms with Crippen molar-refractivity contribution in [2.45, 2.75) is 44.6 Å². The first-order chi connectivity index (χ1) is 9.61. The zero-order valence-electron chi connectivity index (χ0n) is 12.7. The van der Waals surface area contributed by atoms with Crippen molar-refractivity contribution >= 4 is 0 Å². The Hall–Kier alpha value is -1.06. The molecule has 1 fully saturated rings. The SMILES string of the molecule is COc1ccc(CCNCC2(O)CCCC(C)C2)cc1. The molecule has 2 rings (SSSR count). The smallest absolute Gasteiger partial charge is 0.118 e. The second kappa shape index (κ2) is 7.09. The van der Waals surface area contributed by atoms with Gasteiger partial charge < -0.3 is 15.2 Å².